The molecule has 1 aliphatic rings. The van der Waals surface area contributed by atoms with E-state index in [4.69, 9.17) is 0 Å². The molecule has 1 aromatic carbocycles. The second-order valence-corrected chi connectivity index (χ2v) is 7.57. The van der Waals surface area contributed by atoms with E-state index in [2.05, 4.69) is 41.3 Å². The summed E-state index contributed by atoms with van der Waals surface area (Å²) in [7, 11) is 0. The van der Waals surface area contributed by atoms with Crippen molar-refractivity contribution in [1.29, 1.82) is 0 Å². The van der Waals surface area contributed by atoms with Gasteiger partial charge >= 0.3 is 6.03 Å². The van der Waals surface area contributed by atoms with E-state index in [-0.39, 0.29) is 23.4 Å². The van der Waals surface area contributed by atoms with Gasteiger partial charge in [-0.25, -0.2) is 14.8 Å². The normalized spacial score (nSPS) is 19.0. The average Bonchev–Trinajstić information content (AvgIpc) is 2.60. The molecule has 1 aromatic heterocycles. The van der Waals surface area contributed by atoms with Gasteiger partial charge in [-0.3, -0.25) is 0 Å². The van der Waals surface area contributed by atoms with Gasteiger partial charge in [0.1, 0.15) is 0 Å². The van der Waals surface area contributed by atoms with Crippen molar-refractivity contribution in [1.82, 2.24) is 20.2 Å². The minimum atomic E-state index is 0.0217. The van der Waals surface area contributed by atoms with Crippen molar-refractivity contribution in [2.45, 2.75) is 49.2 Å². The molecular formula is C19H24N4OS. The Morgan fingerprint density at radius 2 is 2.00 bits per heavy atom. The Morgan fingerprint density at radius 3 is 2.60 bits per heavy atom. The van der Waals surface area contributed by atoms with Crippen molar-refractivity contribution in [2.24, 2.45) is 0 Å². The monoisotopic (exact) mass is 356 g/mol. The van der Waals surface area contributed by atoms with E-state index in [1.807, 2.05) is 29.2 Å². The third-order valence-corrected chi connectivity index (χ3v) is 5.72. The molecule has 1 N–H and O–H groups in total. The number of thioether (sulfide) groups is 1. The standard InChI is InChI=1S/C19H24N4OS/c1-3-16(15-8-5-4-6-9-15)22-19(24)23-13-10-17(23)14(2)25-18-20-11-7-12-21-18/h4-9,11-12,14,16-17H,3,10,13H2,1-2H3,(H,22,24)/t14-,16+,17+/m0/s1. The highest BCUT2D eigenvalue weighted by Crippen LogP contribution is 2.31. The Labute approximate surface area is 153 Å². The molecule has 0 unspecified atom stereocenters. The maximum atomic E-state index is 12.7. The number of aromatic nitrogens is 2. The molecule has 1 saturated heterocycles. The Kier molecular flexibility index (Phi) is 5.91. The molecule has 2 amide bonds. The summed E-state index contributed by atoms with van der Waals surface area (Å²) in [6, 6.07) is 12.2. The van der Waals surface area contributed by atoms with Crippen molar-refractivity contribution in [3.8, 4) is 0 Å². The molecule has 0 spiro atoms. The third kappa shape index (κ3) is 4.31. The lowest BCUT2D eigenvalue weighted by molar-refractivity contribution is 0.112. The van der Waals surface area contributed by atoms with Gasteiger partial charge in [-0.1, -0.05) is 55.9 Å². The summed E-state index contributed by atoms with van der Waals surface area (Å²) in [5, 5.41) is 4.20. The highest BCUT2D eigenvalue weighted by atomic mass is 32.2. The Bertz CT molecular complexity index is 682. The quantitative estimate of drug-likeness (QED) is 0.630. The summed E-state index contributed by atoms with van der Waals surface area (Å²) in [5.41, 5.74) is 1.15. The van der Waals surface area contributed by atoms with Crippen LogP contribution in [0.4, 0.5) is 4.79 Å². The van der Waals surface area contributed by atoms with Crippen LogP contribution in [0, 0.1) is 0 Å². The van der Waals surface area contributed by atoms with Gasteiger partial charge in [-0.05, 0) is 24.5 Å². The zero-order chi connectivity index (χ0) is 17.6. The van der Waals surface area contributed by atoms with Crippen LogP contribution in [0.5, 0.6) is 0 Å². The first-order chi connectivity index (χ1) is 12.2. The Hall–Kier alpha value is -2.08. The van der Waals surface area contributed by atoms with E-state index in [0.29, 0.717) is 0 Å². The molecule has 0 radical (unpaired) electrons. The number of rotatable bonds is 6. The number of nitrogens with zero attached hydrogens (tertiary/aromatic N) is 3. The molecule has 5 nitrogen and oxygen atoms in total. The van der Waals surface area contributed by atoms with E-state index in [1.54, 1.807) is 24.2 Å². The second kappa shape index (κ2) is 8.34. The molecule has 0 bridgehead atoms. The number of urea groups is 1. The van der Waals surface area contributed by atoms with Gasteiger partial charge < -0.3 is 10.2 Å². The van der Waals surface area contributed by atoms with Crippen LogP contribution in [0.3, 0.4) is 0 Å². The van der Waals surface area contributed by atoms with E-state index in [1.165, 1.54) is 0 Å². The number of carbonyl (C=O) groups is 1. The van der Waals surface area contributed by atoms with Crippen LogP contribution in [-0.4, -0.2) is 38.7 Å². The van der Waals surface area contributed by atoms with E-state index >= 15 is 0 Å². The summed E-state index contributed by atoms with van der Waals surface area (Å²) >= 11 is 1.63. The van der Waals surface area contributed by atoms with E-state index < -0.39 is 0 Å². The molecule has 1 aliphatic heterocycles. The van der Waals surface area contributed by atoms with Crippen LogP contribution < -0.4 is 5.32 Å². The molecule has 1 fully saturated rings. The van der Waals surface area contributed by atoms with E-state index in [0.717, 1.165) is 30.1 Å². The van der Waals surface area contributed by atoms with Crippen LogP contribution >= 0.6 is 11.8 Å². The number of benzene rings is 1. The van der Waals surface area contributed by atoms with Crippen molar-refractivity contribution >= 4 is 17.8 Å². The van der Waals surface area contributed by atoms with Gasteiger partial charge in [0, 0.05) is 30.2 Å². The maximum Gasteiger partial charge on any atom is 0.318 e. The topological polar surface area (TPSA) is 58.1 Å². The SMILES string of the molecule is CC[C@@H](NC(=O)N1CC[C@@H]1[C@H](C)Sc1ncccn1)c1ccccc1. The first-order valence-corrected chi connectivity index (χ1v) is 9.62. The molecule has 2 aromatic rings. The smallest absolute Gasteiger partial charge is 0.318 e. The molecule has 2 heterocycles. The third-order valence-electron chi connectivity index (χ3n) is 4.61. The molecule has 0 saturated carbocycles. The lowest BCUT2D eigenvalue weighted by atomic mass is 10.0. The number of nitrogens with one attached hydrogen (secondary N) is 1. The molecule has 25 heavy (non-hydrogen) atoms. The van der Waals surface area contributed by atoms with Gasteiger partial charge in [-0.2, -0.15) is 0 Å². The lowest BCUT2D eigenvalue weighted by Gasteiger charge is -2.44. The van der Waals surface area contributed by atoms with Crippen LogP contribution in [-0.2, 0) is 0 Å². The first kappa shape index (κ1) is 17.7. The Morgan fingerprint density at radius 1 is 1.28 bits per heavy atom. The first-order valence-electron chi connectivity index (χ1n) is 8.74. The fraction of sp³-hybridized carbons (Fsp3) is 0.421. The number of hydrogen-bond acceptors (Lipinski definition) is 4. The number of amides is 2. The number of carbonyl (C=O) groups excluding carboxylic acids is 1. The molecule has 132 valence electrons. The molecule has 3 atom stereocenters. The summed E-state index contributed by atoms with van der Waals surface area (Å²) in [6.45, 7) is 5.04. The predicted octanol–water partition coefficient (Wildman–Crippen LogP) is 3.89. The van der Waals surface area contributed by atoms with Crippen LogP contribution in [0.15, 0.2) is 53.9 Å². The summed E-state index contributed by atoms with van der Waals surface area (Å²) < 4.78 is 0. The zero-order valence-corrected chi connectivity index (χ0v) is 15.4. The van der Waals surface area contributed by atoms with Crippen molar-refractivity contribution in [3.05, 3.63) is 54.4 Å². The van der Waals surface area contributed by atoms with Crippen molar-refractivity contribution < 1.29 is 4.79 Å². The largest absolute Gasteiger partial charge is 0.331 e. The van der Waals surface area contributed by atoms with Gasteiger partial charge in [0.05, 0.1) is 6.04 Å². The van der Waals surface area contributed by atoms with Crippen LogP contribution in [0.25, 0.3) is 0 Å². The molecule has 6 heteroatoms. The van der Waals surface area contributed by atoms with Crippen molar-refractivity contribution in [3.63, 3.8) is 0 Å². The minimum absolute atomic E-state index is 0.0217. The summed E-state index contributed by atoms with van der Waals surface area (Å²) in [4.78, 5) is 23.2. The number of hydrogen-bond donors (Lipinski definition) is 1. The van der Waals surface area contributed by atoms with Gasteiger partial charge in [0.2, 0.25) is 0 Å². The summed E-state index contributed by atoms with van der Waals surface area (Å²) in [5.74, 6) is 0. The maximum absolute atomic E-state index is 12.7. The lowest BCUT2D eigenvalue weighted by Crippen LogP contribution is -2.58. The van der Waals surface area contributed by atoms with Gasteiger partial charge in [0.15, 0.2) is 5.16 Å². The van der Waals surface area contributed by atoms with E-state index in [9.17, 15) is 4.79 Å². The Balaban J connectivity index is 1.58. The fourth-order valence-electron chi connectivity index (χ4n) is 3.08. The molecular weight excluding hydrogens is 332 g/mol. The second-order valence-electron chi connectivity index (χ2n) is 6.22. The minimum Gasteiger partial charge on any atom is -0.331 e. The fourth-order valence-corrected chi connectivity index (χ4v) is 4.09. The average molecular weight is 356 g/mol. The predicted molar refractivity (Wildman–Crippen MR) is 100 cm³/mol. The highest BCUT2D eigenvalue weighted by Gasteiger charge is 2.37. The number of likely N-dealkylation sites (tertiary alicyclic amines) is 1. The summed E-state index contributed by atoms with van der Waals surface area (Å²) in [6.07, 6.45) is 5.39. The highest BCUT2D eigenvalue weighted by molar-refractivity contribution is 7.99. The van der Waals surface area contributed by atoms with Gasteiger partial charge in [0.25, 0.3) is 0 Å². The van der Waals surface area contributed by atoms with Gasteiger partial charge in [-0.15, -0.1) is 0 Å². The van der Waals surface area contributed by atoms with Crippen molar-refractivity contribution in [2.75, 3.05) is 6.54 Å². The molecule has 3 rings (SSSR count). The van der Waals surface area contributed by atoms with Crippen LogP contribution in [0.1, 0.15) is 38.3 Å². The zero-order valence-electron chi connectivity index (χ0n) is 14.6. The van der Waals surface area contributed by atoms with Crippen LogP contribution in [0.2, 0.25) is 0 Å². The molecule has 0 aliphatic carbocycles.